The Labute approximate surface area is 111 Å². The fourth-order valence-electron chi connectivity index (χ4n) is 2.16. The van der Waals surface area contributed by atoms with Crippen LogP contribution in [0.2, 0.25) is 0 Å². The van der Waals surface area contributed by atoms with Crippen LogP contribution in [0, 0.1) is 6.92 Å². The maximum atomic E-state index is 11.8. The lowest BCUT2D eigenvalue weighted by Gasteiger charge is -2.07. The largest absolute Gasteiger partial charge is 0.308 e. The summed E-state index contributed by atoms with van der Waals surface area (Å²) in [5.74, 6) is 0.586. The second kappa shape index (κ2) is 4.35. The van der Waals surface area contributed by atoms with Crippen molar-refractivity contribution in [1.82, 2.24) is 9.78 Å². The van der Waals surface area contributed by atoms with Gasteiger partial charge in [0.1, 0.15) is 5.69 Å². The van der Waals surface area contributed by atoms with E-state index < -0.39 is 0 Å². The fraction of sp³-hybridized carbons (Fsp3) is 0.214. The standard InChI is InChI=1S/C14H14N4O/c1-9-8-12(19)16-14-13(15-9)10(2)17-18(14)11-6-4-3-5-7-11/h3-7H,8H2,1-2H3,(H,16,19). The van der Waals surface area contributed by atoms with Crippen molar-refractivity contribution in [3.63, 3.8) is 0 Å². The summed E-state index contributed by atoms with van der Waals surface area (Å²) < 4.78 is 1.73. The number of aryl methyl sites for hydroxylation is 1. The van der Waals surface area contributed by atoms with E-state index in [9.17, 15) is 4.79 Å². The first-order chi connectivity index (χ1) is 9.15. The number of anilines is 1. The van der Waals surface area contributed by atoms with Gasteiger partial charge in [-0.15, -0.1) is 0 Å². The molecule has 0 spiro atoms. The minimum atomic E-state index is -0.0583. The van der Waals surface area contributed by atoms with Gasteiger partial charge < -0.3 is 5.32 Å². The number of hydrogen-bond donors (Lipinski definition) is 1. The predicted octanol–water partition coefficient (Wildman–Crippen LogP) is 2.62. The van der Waals surface area contributed by atoms with E-state index in [1.807, 2.05) is 44.2 Å². The summed E-state index contributed by atoms with van der Waals surface area (Å²) in [5, 5.41) is 7.36. The van der Waals surface area contributed by atoms with E-state index in [0.29, 0.717) is 12.2 Å². The summed E-state index contributed by atoms with van der Waals surface area (Å²) in [6, 6.07) is 9.71. The van der Waals surface area contributed by atoms with Crippen molar-refractivity contribution >= 4 is 23.1 Å². The Bertz CT molecular complexity index is 670. The van der Waals surface area contributed by atoms with Gasteiger partial charge in [0.15, 0.2) is 5.82 Å². The Morgan fingerprint density at radius 3 is 2.68 bits per heavy atom. The van der Waals surface area contributed by atoms with Gasteiger partial charge in [-0.1, -0.05) is 18.2 Å². The van der Waals surface area contributed by atoms with E-state index in [1.54, 1.807) is 4.68 Å². The number of para-hydroxylation sites is 1. The molecule has 1 amide bonds. The molecule has 5 heteroatoms. The zero-order valence-electron chi connectivity index (χ0n) is 10.8. The fourth-order valence-corrected chi connectivity index (χ4v) is 2.16. The SMILES string of the molecule is CC1=Nc2c(C)nn(-c3ccccc3)c2NC(=O)C1. The highest BCUT2D eigenvalue weighted by atomic mass is 16.1. The molecular formula is C14H14N4O. The number of amides is 1. The molecule has 1 aliphatic rings. The van der Waals surface area contributed by atoms with Gasteiger partial charge in [0.25, 0.3) is 0 Å². The Hall–Kier alpha value is -2.43. The molecule has 2 aromatic rings. The van der Waals surface area contributed by atoms with Crippen LogP contribution in [0.15, 0.2) is 35.3 Å². The van der Waals surface area contributed by atoms with Crippen LogP contribution in [0.4, 0.5) is 11.5 Å². The number of nitrogens with zero attached hydrogens (tertiary/aromatic N) is 3. The smallest absolute Gasteiger partial charge is 0.231 e. The molecule has 19 heavy (non-hydrogen) atoms. The molecular weight excluding hydrogens is 240 g/mol. The van der Waals surface area contributed by atoms with Gasteiger partial charge in [-0.25, -0.2) is 4.68 Å². The van der Waals surface area contributed by atoms with Crippen molar-refractivity contribution in [3.8, 4) is 5.69 Å². The molecule has 0 unspecified atom stereocenters. The van der Waals surface area contributed by atoms with Gasteiger partial charge in [-0.2, -0.15) is 5.10 Å². The highest BCUT2D eigenvalue weighted by Crippen LogP contribution is 2.33. The van der Waals surface area contributed by atoms with E-state index in [1.165, 1.54) is 0 Å². The molecule has 1 aromatic heterocycles. The molecule has 0 atom stereocenters. The molecule has 0 fully saturated rings. The number of fused-ring (bicyclic) bond motifs is 1. The minimum absolute atomic E-state index is 0.0583. The average Bonchev–Trinajstić information content (AvgIpc) is 2.59. The first-order valence-electron chi connectivity index (χ1n) is 6.14. The maximum absolute atomic E-state index is 11.8. The van der Waals surface area contributed by atoms with Gasteiger partial charge >= 0.3 is 0 Å². The summed E-state index contributed by atoms with van der Waals surface area (Å²) in [6.45, 7) is 3.75. The lowest BCUT2D eigenvalue weighted by molar-refractivity contribution is -0.115. The Balaban J connectivity index is 2.21. The van der Waals surface area contributed by atoms with Crippen molar-refractivity contribution in [2.45, 2.75) is 20.3 Å². The number of nitrogens with one attached hydrogen (secondary N) is 1. The number of carbonyl (C=O) groups is 1. The number of aromatic nitrogens is 2. The maximum Gasteiger partial charge on any atom is 0.231 e. The van der Waals surface area contributed by atoms with Gasteiger partial charge in [-0.05, 0) is 26.0 Å². The minimum Gasteiger partial charge on any atom is -0.308 e. The molecule has 0 aliphatic carbocycles. The molecule has 0 radical (unpaired) electrons. The summed E-state index contributed by atoms with van der Waals surface area (Å²) >= 11 is 0. The van der Waals surface area contributed by atoms with Crippen LogP contribution in [0.3, 0.4) is 0 Å². The third-order valence-corrected chi connectivity index (χ3v) is 3.01. The Morgan fingerprint density at radius 2 is 1.95 bits per heavy atom. The molecule has 0 saturated carbocycles. The van der Waals surface area contributed by atoms with Gasteiger partial charge in [-0.3, -0.25) is 9.79 Å². The zero-order chi connectivity index (χ0) is 13.4. The van der Waals surface area contributed by atoms with Gasteiger partial charge in [0.05, 0.1) is 17.8 Å². The third kappa shape index (κ3) is 2.03. The molecule has 96 valence electrons. The average molecular weight is 254 g/mol. The van der Waals surface area contributed by atoms with E-state index in [4.69, 9.17) is 0 Å². The van der Waals surface area contributed by atoms with Crippen LogP contribution in [-0.4, -0.2) is 21.4 Å². The van der Waals surface area contributed by atoms with Crippen LogP contribution >= 0.6 is 0 Å². The van der Waals surface area contributed by atoms with Crippen molar-refractivity contribution in [3.05, 3.63) is 36.0 Å². The second-order valence-corrected chi connectivity index (χ2v) is 4.60. The van der Waals surface area contributed by atoms with Crippen LogP contribution in [0.5, 0.6) is 0 Å². The van der Waals surface area contributed by atoms with E-state index in [2.05, 4.69) is 15.4 Å². The van der Waals surface area contributed by atoms with Crippen molar-refractivity contribution in [1.29, 1.82) is 0 Å². The van der Waals surface area contributed by atoms with Crippen LogP contribution in [0.25, 0.3) is 5.69 Å². The topological polar surface area (TPSA) is 59.3 Å². The second-order valence-electron chi connectivity index (χ2n) is 4.60. The number of benzene rings is 1. The number of rotatable bonds is 1. The first kappa shape index (κ1) is 11.6. The van der Waals surface area contributed by atoms with Crippen LogP contribution < -0.4 is 5.32 Å². The zero-order valence-corrected chi connectivity index (χ0v) is 10.8. The van der Waals surface area contributed by atoms with E-state index in [-0.39, 0.29) is 5.91 Å². The Kier molecular flexibility index (Phi) is 2.67. The van der Waals surface area contributed by atoms with E-state index in [0.717, 1.165) is 22.8 Å². The molecule has 1 N–H and O–H groups in total. The monoisotopic (exact) mass is 254 g/mol. The van der Waals surface area contributed by atoms with Gasteiger partial charge in [0, 0.05) is 5.71 Å². The summed E-state index contributed by atoms with van der Waals surface area (Å²) in [7, 11) is 0. The highest BCUT2D eigenvalue weighted by Gasteiger charge is 2.21. The van der Waals surface area contributed by atoms with Crippen molar-refractivity contribution < 1.29 is 4.79 Å². The Morgan fingerprint density at radius 1 is 1.21 bits per heavy atom. The number of hydrogen-bond acceptors (Lipinski definition) is 3. The molecule has 2 heterocycles. The number of carbonyl (C=O) groups excluding carboxylic acids is 1. The normalized spacial score (nSPS) is 14.4. The van der Waals surface area contributed by atoms with Crippen molar-refractivity contribution in [2.75, 3.05) is 5.32 Å². The molecule has 1 aromatic carbocycles. The third-order valence-electron chi connectivity index (χ3n) is 3.01. The van der Waals surface area contributed by atoms with E-state index >= 15 is 0 Å². The van der Waals surface area contributed by atoms with Gasteiger partial charge in [0.2, 0.25) is 5.91 Å². The molecule has 0 saturated heterocycles. The molecule has 0 bridgehead atoms. The summed E-state index contributed by atoms with van der Waals surface area (Å²) in [5.41, 5.74) is 3.25. The molecule has 5 nitrogen and oxygen atoms in total. The van der Waals surface area contributed by atoms with Crippen LogP contribution in [0.1, 0.15) is 19.0 Å². The predicted molar refractivity (Wildman–Crippen MR) is 74.3 cm³/mol. The molecule has 1 aliphatic heterocycles. The highest BCUT2D eigenvalue weighted by molar-refractivity contribution is 6.09. The van der Waals surface area contributed by atoms with Crippen LogP contribution in [-0.2, 0) is 4.79 Å². The lowest BCUT2D eigenvalue weighted by atomic mass is 10.3. The molecule has 3 rings (SSSR count). The van der Waals surface area contributed by atoms with Crippen molar-refractivity contribution in [2.24, 2.45) is 4.99 Å². The quantitative estimate of drug-likeness (QED) is 0.850. The number of aliphatic imine (C=N–C) groups is 1. The first-order valence-corrected chi connectivity index (χ1v) is 6.14. The summed E-state index contributed by atoms with van der Waals surface area (Å²) in [4.78, 5) is 16.3. The lowest BCUT2D eigenvalue weighted by Crippen LogP contribution is -2.15. The summed E-state index contributed by atoms with van der Waals surface area (Å²) in [6.07, 6.45) is 0.322.